The summed E-state index contributed by atoms with van der Waals surface area (Å²) in [5.41, 5.74) is 2.51. The lowest BCUT2D eigenvalue weighted by molar-refractivity contribution is -0.117. The predicted octanol–water partition coefficient (Wildman–Crippen LogP) is 3.88. The first-order valence-corrected chi connectivity index (χ1v) is 6.61. The molecule has 0 fully saturated rings. The topological polar surface area (TPSA) is 17.1 Å². The number of aryl methyl sites for hydroxylation is 1. The molecule has 0 bridgehead atoms. The van der Waals surface area contributed by atoms with Gasteiger partial charge in [0.05, 0.1) is 0 Å². The van der Waals surface area contributed by atoms with Crippen molar-refractivity contribution in [2.75, 3.05) is 0 Å². The highest BCUT2D eigenvalue weighted by atomic mass is 19.1. The van der Waals surface area contributed by atoms with Crippen molar-refractivity contribution >= 4 is 5.78 Å². The molecule has 0 spiro atoms. The van der Waals surface area contributed by atoms with Crippen LogP contribution in [0.2, 0.25) is 0 Å². The van der Waals surface area contributed by atoms with E-state index in [9.17, 15) is 13.6 Å². The summed E-state index contributed by atoms with van der Waals surface area (Å²) in [6.07, 6.45) is 1.28. The number of hydrogen-bond acceptors (Lipinski definition) is 1. The smallest absolute Gasteiger partial charge is 0.141 e. The minimum absolute atomic E-state index is 0.0458. The van der Waals surface area contributed by atoms with Crippen molar-refractivity contribution in [1.29, 1.82) is 0 Å². The van der Waals surface area contributed by atoms with Crippen LogP contribution in [0.25, 0.3) is 0 Å². The number of carbonyl (C=O) groups excluding carboxylic acids is 1. The zero-order valence-corrected chi connectivity index (χ0v) is 11.3. The van der Waals surface area contributed by atoms with Crippen LogP contribution in [0.3, 0.4) is 0 Å². The second-order valence-corrected chi connectivity index (χ2v) is 4.84. The molecule has 0 heterocycles. The highest BCUT2D eigenvalue weighted by Gasteiger charge is 2.08. The van der Waals surface area contributed by atoms with Gasteiger partial charge in [0.25, 0.3) is 0 Å². The average molecular weight is 274 g/mol. The van der Waals surface area contributed by atoms with E-state index in [0.717, 1.165) is 18.1 Å². The number of carbonyl (C=O) groups is 1. The quantitative estimate of drug-likeness (QED) is 0.808. The number of benzene rings is 2. The van der Waals surface area contributed by atoms with E-state index >= 15 is 0 Å². The van der Waals surface area contributed by atoms with Gasteiger partial charge in [0.1, 0.15) is 17.4 Å². The molecule has 0 radical (unpaired) electrons. The molecule has 2 rings (SSSR count). The lowest BCUT2D eigenvalue weighted by Gasteiger charge is -2.04. The summed E-state index contributed by atoms with van der Waals surface area (Å²) in [5.74, 6) is -1.36. The van der Waals surface area contributed by atoms with Crippen LogP contribution < -0.4 is 0 Å². The average Bonchev–Trinajstić information content (AvgIpc) is 2.38. The Kier molecular flexibility index (Phi) is 4.61. The number of halogens is 2. The molecule has 0 atom stereocenters. The predicted molar refractivity (Wildman–Crippen MR) is 74.6 cm³/mol. The Bertz CT molecular complexity index is 583. The fourth-order valence-corrected chi connectivity index (χ4v) is 2.12. The molecule has 1 nitrogen and oxygen atoms in total. The largest absolute Gasteiger partial charge is 0.299 e. The molecule has 20 heavy (non-hydrogen) atoms. The van der Waals surface area contributed by atoms with E-state index in [-0.39, 0.29) is 18.6 Å². The van der Waals surface area contributed by atoms with Gasteiger partial charge in [-0.1, -0.05) is 31.2 Å². The van der Waals surface area contributed by atoms with Gasteiger partial charge in [0, 0.05) is 18.9 Å². The Balaban J connectivity index is 2.01. The normalized spacial score (nSPS) is 10.6. The van der Waals surface area contributed by atoms with Gasteiger partial charge >= 0.3 is 0 Å². The molecule has 0 amide bonds. The summed E-state index contributed by atoms with van der Waals surface area (Å²) in [4.78, 5) is 11.9. The maximum atomic E-state index is 13.0. The van der Waals surface area contributed by atoms with E-state index < -0.39 is 11.6 Å². The molecular formula is C17H16F2O. The van der Waals surface area contributed by atoms with Crippen LogP contribution in [0.15, 0.2) is 42.5 Å². The van der Waals surface area contributed by atoms with Crippen LogP contribution in [-0.4, -0.2) is 5.78 Å². The van der Waals surface area contributed by atoms with Crippen LogP contribution in [-0.2, 0) is 24.1 Å². The Morgan fingerprint density at radius 3 is 1.90 bits per heavy atom. The third-order valence-corrected chi connectivity index (χ3v) is 3.16. The van der Waals surface area contributed by atoms with Gasteiger partial charge in [-0.2, -0.15) is 0 Å². The second kappa shape index (κ2) is 6.42. The highest BCUT2D eigenvalue weighted by Crippen LogP contribution is 2.11. The first-order chi connectivity index (χ1) is 9.56. The fraction of sp³-hybridized carbons (Fsp3) is 0.235. The van der Waals surface area contributed by atoms with Crippen molar-refractivity contribution in [1.82, 2.24) is 0 Å². The second-order valence-electron chi connectivity index (χ2n) is 4.84. The van der Waals surface area contributed by atoms with Crippen molar-refractivity contribution in [2.24, 2.45) is 0 Å². The maximum absolute atomic E-state index is 13.0. The van der Waals surface area contributed by atoms with E-state index in [1.165, 1.54) is 17.7 Å². The van der Waals surface area contributed by atoms with E-state index in [4.69, 9.17) is 0 Å². The molecule has 0 N–H and O–H groups in total. The minimum atomic E-state index is -0.653. The summed E-state index contributed by atoms with van der Waals surface area (Å²) in [7, 11) is 0. The Labute approximate surface area is 117 Å². The number of rotatable bonds is 5. The van der Waals surface area contributed by atoms with E-state index in [1.807, 2.05) is 24.3 Å². The maximum Gasteiger partial charge on any atom is 0.141 e. The zero-order chi connectivity index (χ0) is 14.5. The van der Waals surface area contributed by atoms with E-state index in [2.05, 4.69) is 6.92 Å². The minimum Gasteiger partial charge on any atom is -0.299 e. The Hall–Kier alpha value is -2.03. The Morgan fingerprint density at radius 1 is 0.850 bits per heavy atom. The van der Waals surface area contributed by atoms with Crippen LogP contribution >= 0.6 is 0 Å². The molecule has 0 saturated carbocycles. The molecule has 0 aromatic heterocycles. The number of hydrogen-bond donors (Lipinski definition) is 0. The van der Waals surface area contributed by atoms with Gasteiger partial charge in [0.15, 0.2) is 0 Å². The molecule has 0 aliphatic rings. The molecule has 2 aromatic rings. The number of ketones is 1. The van der Waals surface area contributed by atoms with Crippen LogP contribution in [0, 0.1) is 11.6 Å². The highest BCUT2D eigenvalue weighted by molar-refractivity contribution is 5.83. The van der Waals surface area contributed by atoms with Crippen LogP contribution in [0.5, 0.6) is 0 Å². The van der Waals surface area contributed by atoms with Gasteiger partial charge in [-0.05, 0) is 35.2 Å². The first kappa shape index (κ1) is 14.4. The molecule has 2 aromatic carbocycles. The summed E-state index contributed by atoms with van der Waals surface area (Å²) < 4.78 is 26.1. The van der Waals surface area contributed by atoms with Crippen LogP contribution in [0.1, 0.15) is 23.6 Å². The fourth-order valence-electron chi connectivity index (χ4n) is 2.12. The summed E-state index contributed by atoms with van der Waals surface area (Å²) in [6.45, 7) is 2.07. The van der Waals surface area contributed by atoms with Crippen molar-refractivity contribution in [2.45, 2.75) is 26.2 Å². The zero-order valence-electron chi connectivity index (χ0n) is 11.3. The standard InChI is InChI=1S/C17H16F2O/c1-2-12-3-5-13(6-4-12)9-17(20)10-14-7-15(18)11-16(19)8-14/h3-8,11H,2,9-10H2,1H3. The molecule has 0 unspecified atom stereocenters. The molecule has 0 aliphatic heterocycles. The van der Waals surface area contributed by atoms with Crippen molar-refractivity contribution in [3.8, 4) is 0 Å². The molecule has 3 heteroatoms. The van der Waals surface area contributed by atoms with Gasteiger partial charge in [-0.15, -0.1) is 0 Å². The van der Waals surface area contributed by atoms with Crippen molar-refractivity contribution in [3.05, 3.63) is 70.8 Å². The third kappa shape index (κ3) is 3.98. The summed E-state index contributed by atoms with van der Waals surface area (Å²) >= 11 is 0. The lowest BCUT2D eigenvalue weighted by Crippen LogP contribution is -2.07. The third-order valence-electron chi connectivity index (χ3n) is 3.16. The first-order valence-electron chi connectivity index (χ1n) is 6.61. The van der Waals surface area contributed by atoms with E-state index in [1.54, 1.807) is 0 Å². The van der Waals surface area contributed by atoms with E-state index in [0.29, 0.717) is 5.56 Å². The van der Waals surface area contributed by atoms with Gasteiger partial charge in [-0.3, -0.25) is 4.79 Å². The van der Waals surface area contributed by atoms with Crippen molar-refractivity contribution in [3.63, 3.8) is 0 Å². The van der Waals surface area contributed by atoms with Gasteiger partial charge in [0.2, 0.25) is 0 Å². The monoisotopic (exact) mass is 274 g/mol. The number of Topliss-reactive ketones (excluding diaryl/α,β-unsaturated/α-hetero) is 1. The molecular weight excluding hydrogens is 258 g/mol. The molecule has 0 saturated heterocycles. The summed E-state index contributed by atoms with van der Waals surface area (Å²) in [6, 6.07) is 11.0. The molecule has 0 aliphatic carbocycles. The summed E-state index contributed by atoms with van der Waals surface area (Å²) in [5, 5.41) is 0. The van der Waals surface area contributed by atoms with Crippen molar-refractivity contribution < 1.29 is 13.6 Å². The SMILES string of the molecule is CCc1ccc(CC(=O)Cc2cc(F)cc(F)c2)cc1. The molecule has 104 valence electrons. The van der Waals surface area contributed by atoms with Crippen LogP contribution in [0.4, 0.5) is 8.78 Å². The van der Waals surface area contributed by atoms with Gasteiger partial charge in [-0.25, -0.2) is 8.78 Å². The Morgan fingerprint density at radius 2 is 1.35 bits per heavy atom. The van der Waals surface area contributed by atoms with Gasteiger partial charge < -0.3 is 0 Å². The lowest BCUT2D eigenvalue weighted by atomic mass is 10.0.